The lowest BCUT2D eigenvalue weighted by Crippen LogP contribution is -2.57. The zero-order valence-electron chi connectivity index (χ0n) is 18.0. The van der Waals surface area contributed by atoms with E-state index < -0.39 is 5.60 Å². The summed E-state index contributed by atoms with van der Waals surface area (Å²) >= 11 is 2.06. The van der Waals surface area contributed by atoms with Gasteiger partial charge in [-0.25, -0.2) is 4.99 Å². The number of hydrogen-bond donors (Lipinski definition) is 3. The van der Waals surface area contributed by atoms with Crippen molar-refractivity contribution in [3.05, 3.63) is 23.7 Å². The van der Waals surface area contributed by atoms with Crippen molar-refractivity contribution in [3.63, 3.8) is 0 Å². The number of aryl methyl sites for hydroxylation is 1. The smallest absolute Gasteiger partial charge is 0.191 e. The second-order valence-electron chi connectivity index (χ2n) is 8.26. The molecule has 1 saturated carbocycles. The van der Waals surface area contributed by atoms with E-state index in [0.717, 1.165) is 24.8 Å². The fourth-order valence-corrected chi connectivity index (χ4v) is 5.20. The molecule has 6 nitrogen and oxygen atoms in total. The lowest BCUT2D eigenvalue weighted by molar-refractivity contribution is 0.0428. The molecule has 3 rings (SSSR count). The topological polar surface area (TPSA) is 73.0 Å². The highest BCUT2D eigenvalue weighted by molar-refractivity contribution is 14.0. The summed E-state index contributed by atoms with van der Waals surface area (Å²) in [5, 5.41) is 17.7. The third kappa shape index (κ3) is 6.51. The number of aliphatic hydroxyl groups is 1. The van der Waals surface area contributed by atoms with Crippen LogP contribution in [0.25, 0.3) is 0 Å². The molecule has 1 aliphatic heterocycles. The molecule has 2 fully saturated rings. The first-order chi connectivity index (χ1) is 13.5. The third-order valence-corrected chi connectivity index (χ3v) is 6.90. The fourth-order valence-electron chi connectivity index (χ4n) is 4.30. The van der Waals surface area contributed by atoms with Gasteiger partial charge in [-0.15, -0.1) is 24.0 Å². The minimum Gasteiger partial charge on any atom is -0.463 e. The molecule has 1 aromatic rings. The van der Waals surface area contributed by atoms with E-state index in [1.54, 1.807) is 6.92 Å². The van der Waals surface area contributed by atoms with Crippen LogP contribution in [0, 0.1) is 6.92 Å². The van der Waals surface area contributed by atoms with Gasteiger partial charge >= 0.3 is 0 Å². The number of rotatable bonds is 7. The summed E-state index contributed by atoms with van der Waals surface area (Å²) in [5.74, 6) is 4.60. The summed E-state index contributed by atoms with van der Waals surface area (Å²) in [4.78, 5) is 7.37. The van der Waals surface area contributed by atoms with Crippen LogP contribution in [0.4, 0.5) is 0 Å². The molecule has 1 aromatic heterocycles. The molecule has 1 aliphatic carbocycles. The van der Waals surface area contributed by atoms with Gasteiger partial charge in [0.2, 0.25) is 0 Å². The number of hydrogen-bond acceptors (Lipinski definition) is 5. The molecular weight excluding hydrogens is 499 g/mol. The van der Waals surface area contributed by atoms with Crippen LogP contribution in [0.5, 0.6) is 0 Å². The molecule has 1 atom stereocenters. The Labute approximate surface area is 196 Å². The number of furan rings is 1. The third-order valence-electron chi connectivity index (χ3n) is 5.96. The van der Waals surface area contributed by atoms with Crippen molar-refractivity contribution in [2.45, 2.75) is 57.6 Å². The first-order valence-corrected chi connectivity index (χ1v) is 11.7. The van der Waals surface area contributed by atoms with Gasteiger partial charge in [-0.05, 0) is 45.7 Å². The Kier molecular flexibility index (Phi) is 9.63. The number of aliphatic imine (C=N–C) groups is 1. The Morgan fingerprint density at radius 3 is 2.55 bits per heavy atom. The summed E-state index contributed by atoms with van der Waals surface area (Å²) in [6.07, 6.45) is 5.14. The van der Waals surface area contributed by atoms with Crippen LogP contribution < -0.4 is 10.6 Å². The molecular formula is C21H37IN4O2S. The predicted octanol–water partition coefficient (Wildman–Crippen LogP) is 3.33. The van der Waals surface area contributed by atoms with Gasteiger partial charge in [0.25, 0.3) is 0 Å². The van der Waals surface area contributed by atoms with E-state index >= 15 is 0 Å². The highest BCUT2D eigenvalue weighted by Gasteiger charge is 2.40. The molecule has 0 bridgehead atoms. The molecule has 2 heterocycles. The van der Waals surface area contributed by atoms with E-state index in [0.29, 0.717) is 5.76 Å². The monoisotopic (exact) mass is 536 g/mol. The van der Waals surface area contributed by atoms with E-state index in [4.69, 9.17) is 4.42 Å². The molecule has 3 N–H and O–H groups in total. The van der Waals surface area contributed by atoms with Crippen LogP contribution in [-0.4, -0.2) is 65.7 Å². The van der Waals surface area contributed by atoms with E-state index in [1.807, 2.05) is 19.1 Å². The minimum atomic E-state index is -1.12. The number of thioether (sulfide) groups is 1. The maximum absolute atomic E-state index is 10.8. The number of halogens is 1. The summed E-state index contributed by atoms with van der Waals surface area (Å²) in [6.45, 7) is 10.0. The maximum atomic E-state index is 10.8. The second-order valence-corrected chi connectivity index (χ2v) is 9.49. The van der Waals surface area contributed by atoms with Gasteiger partial charge in [-0.1, -0.05) is 12.8 Å². The Bertz CT molecular complexity index is 653. The summed E-state index contributed by atoms with van der Waals surface area (Å²) < 4.78 is 5.61. The molecule has 166 valence electrons. The molecule has 29 heavy (non-hydrogen) atoms. The van der Waals surface area contributed by atoms with Crippen molar-refractivity contribution in [1.29, 1.82) is 0 Å². The Morgan fingerprint density at radius 1 is 1.28 bits per heavy atom. The lowest BCUT2D eigenvalue weighted by atomic mass is 9.94. The molecule has 8 heteroatoms. The Hall–Kier alpha value is -0.450. The molecule has 0 aromatic carbocycles. The van der Waals surface area contributed by atoms with E-state index in [-0.39, 0.29) is 36.1 Å². The van der Waals surface area contributed by atoms with Crippen molar-refractivity contribution in [3.8, 4) is 0 Å². The molecule has 0 amide bonds. The lowest BCUT2D eigenvalue weighted by Gasteiger charge is -2.43. The van der Waals surface area contributed by atoms with Gasteiger partial charge < -0.3 is 20.2 Å². The summed E-state index contributed by atoms with van der Waals surface area (Å²) in [6, 6.07) is 3.70. The van der Waals surface area contributed by atoms with E-state index in [1.165, 1.54) is 50.3 Å². The quantitative estimate of drug-likeness (QED) is 0.282. The van der Waals surface area contributed by atoms with Gasteiger partial charge in [0.1, 0.15) is 17.1 Å². The maximum Gasteiger partial charge on any atom is 0.191 e. The van der Waals surface area contributed by atoms with Crippen molar-refractivity contribution in [1.82, 2.24) is 15.5 Å². The van der Waals surface area contributed by atoms with E-state index in [9.17, 15) is 5.11 Å². The molecule has 1 unspecified atom stereocenters. The van der Waals surface area contributed by atoms with Gasteiger partial charge in [0, 0.05) is 43.2 Å². The first-order valence-electron chi connectivity index (χ1n) is 10.6. The molecule has 2 aliphatic rings. The van der Waals surface area contributed by atoms with Crippen LogP contribution in [0.1, 0.15) is 51.1 Å². The molecule has 0 spiro atoms. The average Bonchev–Trinajstić information content (AvgIpc) is 3.35. The normalized spacial score (nSPS) is 22.0. The highest BCUT2D eigenvalue weighted by atomic mass is 127. The second kappa shape index (κ2) is 11.2. The fraction of sp³-hybridized carbons (Fsp3) is 0.762. The van der Waals surface area contributed by atoms with Crippen molar-refractivity contribution >= 4 is 41.7 Å². The molecule has 0 radical (unpaired) electrons. The largest absolute Gasteiger partial charge is 0.463 e. The van der Waals surface area contributed by atoms with Gasteiger partial charge in [-0.3, -0.25) is 4.90 Å². The van der Waals surface area contributed by atoms with Crippen molar-refractivity contribution in [2.75, 3.05) is 44.2 Å². The average molecular weight is 537 g/mol. The van der Waals surface area contributed by atoms with Crippen LogP contribution in [0.3, 0.4) is 0 Å². The molecule has 1 saturated heterocycles. The zero-order chi connectivity index (χ0) is 20.0. The summed E-state index contributed by atoms with van der Waals surface area (Å²) in [7, 11) is 0. The SMILES string of the molecule is CCNC(=NCC(C)(O)c1ccc(C)o1)NCC1(N2CCSCC2)CCCC1.I. The predicted molar refractivity (Wildman–Crippen MR) is 133 cm³/mol. The zero-order valence-corrected chi connectivity index (χ0v) is 21.1. The van der Waals surface area contributed by atoms with Crippen LogP contribution in [0.2, 0.25) is 0 Å². The number of nitrogens with zero attached hydrogens (tertiary/aromatic N) is 2. The minimum absolute atomic E-state index is 0. The van der Waals surface area contributed by atoms with Gasteiger partial charge in [0.15, 0.2) is 5.96 Å². The number of nitrogens with one attached hydrogen (secondary N) is 2. The van der Waals surface area contributed by atoms with Crippen molar-refractivity contribution in [2.24, 2.45) is 4.99 Å². The first kappa shape index (κ1) is 24.8. The van der Waals surface area contributed by atoms with E-state index in [2.05, 4.69) is 39.2 Å². The standard InChI is InChI=1S/C21H36N4O2S.HI/c1-4-22-19(23-15-20(3,26)18-8-7-17(2)27-18)24-16-21(9-5-6-10-21)25-11-13-28-14-12-25;/h7-8,26H,4-6,9-16H2,1-3H3,(H2,22,23,24);1H. The van der Waals surface area contributed by atoms with Crippen molar-refractivity contribution < 1.29 is 9.52 Å². The Morgan fingerprint density at radius 2 is 1.97 bits per heavy atom. The Balaban J connectivity index is 0.00000300. The van der Waals surface area contributed by atoms with Gasteiger partial charge in [0.05, 0.1) is 6.54 Å². The highest BCUT2D eigenvalue weighted by Crippen LogP contribution is 2.36. The number of guanidine groups is 1. The summed E-state index contributed by atoms with van der Waals surface area (Å²) in [5.41, 5.74) is -0.871. The van der Waals surface area contributed by atoms with Gasteiger partial charge in [-0.2, -0.15) is 11.8 Å². The van der Waals surface area contributed by atoms with Crippen LogP contribution in [-0.2, 0) is 5.60 Å². The van der Waals surface area contributed by atoms with Crippen LogP contribution >= 0.6 is 35.7 Å². The van der Waals surface area contributed by atoms with Crippen LogP contribution in [0.15, 0.2) is 21.5 Å².